The summed E-state index contributed by atoms with van der Waals surface area (Å²) >= 11 is 0. The molecule has 2 fully saturated rings. The van der Waals surface area contributed by atoms with Crippen molar-refractivity contribution < 1.29 is 22.4 Å². The van der Waals surface area contributed by atoms with Gasteiger partial charge < -0.3 is 14.6 Å². The number of hydrogen-bond donors (Lipinski definition) is 1. The lowest BCUT2D eigenvalue weighted by Crippen LogP contribution is -2.50. The molecule has 1 amide bonds. The molecule has 1 N–H and O–H groups in total. The van der Waals surface area contributed by atoms with Crippen molar-refractivity contribution in [3.05, 3.63) is 47.7 Å². The Hall–Kier alpha value is -2.28. The van der Waals surface area contributed by atoms with Crippen LogP contribution in [0.4, 0.5) is 13.2 Å². The van der Waals surface area contributed by atoms with Crippen LogP contribution in [0.3, 0.4) is 0 Å². The number of amides is 1. The molecule has 1 atom stereocenters. The van der Waals surface area contributed by atoms with E-state index >= 15 is 0 Å². The fourth-order valence-electron chi connectivity index (χ4n) is 3.62. The van der Waals surface area contributed by atoms with Crippen LogP contribution >= 0.6 is 0 Å². The van der Waals surface area contributed by atoms with Crippen molar-refractivity contribution >= 4 is 5.91 Å². The van der Waals surface area contributed by atoms with Crippen LogP contribution in [0.15, 0.2) is 40.8 Å². The lowest BCUT2D eigenvalue weighted by molar-refractivity contribution is -0.139. The third-order valence-electron chi connectivity index (χ3n) is 5.67. The predicted octanol–water partition coefficient (Wildman–Crippen LogP) is 4.31. The normalized spacial score (nSPS) is 18.6. The zero-order valence-electron chi connectivity index (χ0n) is 15.6. The van der Waals surface area contributed by atoms with Crippen LogP contribution in [-0.4, -0.2) is 29.9 Å². The van der Waals surface area contributed by atoms with Gasteiger partial charge in [0.1, 0.15) is 11.5 Å². The first kappa shape index (κ1) is 19.1. The van der Waals surface area contributed by atoms with E-state index in [0.717, 1.165) is 32.0 Å². The number of alkyl halides is 3. The molecular weight excluding hydrogens is 369 g/mol. The number of hydrogen-bond acceptors (Lipinski definition) is 3. The first-order valence-electron chi connectivity index (χ1n) is 9.61. The van der Waals surface area contributed by atoms with Crippen LogP contribution in [0.25, 0.3) is 11.3 Å². The smallest absolute Gasteiger partial charge is 0.417 e. The summed E-state index contributed by atoms with van der Waals surface area (Å²) in [5.74, 6) is 1.05. The summed E-state index contributed by atoms with van der Waals surface area (Å²) in [5.41, 5.74) is -0.711. The molecular formula is C21H23F3N2O2. The second kappa shape index (κ2) is 7.28. The molecule has 1 aromatic heterocycles. The standard InChI is InChI=1S/C21H23F3N2O2/c1-13(14-10-25-11-14)20(27)26(15-6-7-15)12-16-8-9-19(28-16)17-4-2-3-5-18(17)21(22,23)24/h2-5,8-9,13-15,25H,6-7,10-12H2,1H3. The zero-order valence-corrected chi connectivity index (χ0v) is 15.6. The Kier molecular flexibility index (Phi) is 4.95. The van der Waals surface area contributed by atoms with E-state index in [1.54, 1.807) is 18.2 Å². The molecule has 0 spiro atoms. The fourth-order valence-corrected chi connectivity index (χ4v) is 3.62. The highest BCUT2D eigenvalue weighted by Gasteiger charge is 2.39. The number of nitrogens with zero attached hydrogens (tertiary/aromatic N) is 1. The van der Waals surface area contributed by atoms with Gasteiger partial charge in [0.2, 0.25) is 5.91 Å². The lowest BCUT2D eigenvalue weighted by Gasteiger charge is -2.35. The number of halogens is 3. The zero-order chi connectivity index (χ0) is 19.9. The van der Waals surface area contributed by atoms with Gasteiger partial charge in [-0.15, -0.1) is 0 Å². The van der Waals surface area contributed by atoms with Crippen LogP contribution in [0.2, 0.25) is 0 Å². The Morgan fingerprint density at radius 3 is 2.54 bits per heavy atom. The van der Waals surface area contributed by atoms with E-state index in [2.05, 4.69) is 5.32 Å². The monoisotopic (exact) mass is 392 g/mol. The summed E-state index contributed by atoms with van der Waals surface area (Å²) in [6.45, 7) is 3.95. The van der Waals surface area contributed by atoms with Crippen LogP contribution in [-0.2, 0) is 17.5 Å². The molecule has 1 aliphatic heterocycles. The summed E-state index contributed by atoms with van der Waals surface area (Å²) in [4.78, 5) is 14.8. The van der Waals surface area contributed by atoms with Gasteiger partial charge in [0.25, 0.3) is 0 Å². The van der Waals surface area contributed by atoms with Crippen LogP contribution in [0.1, 0.15) is 31.1 Å². The molecule has 150 valence electrons. The number of nitrogens with one attached hydrogen (secondary N) is 1. The van der Waals surface area contributed by atoms with Gasteiger partial charge in [-0.05, 0) is 50.0 Å². The van der Waals surface area contributed by atoms with Crippen LogP contribution in [0, 0.1) is 11.8 Å². The third kappa shape index (κ3) is 3.81. The summed E-state index contributed by atoms with van der Waals surface area (Å²) in [5, 5.41) is 3.19. The molecule has 0 radical (unpaired) electrons. The maximum atomic E-state index is 13.3. The minimum absolute atomic E-state index is 0.0134. The van der Waals surface area contributed by atoms with Gasteiger partial charge in [0, 0.05) is 17.5 Å². The van der Waals surface area contributed by atoms with Gasteiger partial charge in [-0.1, -0.05) is 25.1 Å². The molecule has 1 saturated carbocycles. The van der Waals surface area contributed by atoms with Crippen molar-refractivity contribution in [3.63, 3.8) is 0 Å². The topological polar surface area (TPSA) is 45.5 Å². The van der Waals surface area contributed by atoms with Gasteiger partial charge in [-0.2, -0.15) is 13.2 Å². The van der Waals surface area contributed by atoms with Crippen molar-refractivity contribution in [2.24, 2.45) is 11.8 Å². The average Bonchev–Trinajstić information content (AvgIpc) is 3.35. The van der Waals surface area contributed by atoms with Crippen molar-refractivity contribution in [2.75, 3.05) is 13.1 Å². The molecule has 4 rings (SSSR count). The average molecular weight is 392 g/mol. The SMILES string of the molecule is CC(C(=O)N(Cc1ccc(-c2ccccc2C(F)(F)F)o1)C1CC1)C1CNC1. The Bertz CT molecular complexity index is 853. The maximum Gasteiger partial charge on any atom is 0.417 e. The van der Waals surface area contributed by atoms with Crippen LogP contribution in [0.5, 0.6) is 0 Å². The van der Waals surface area contributed by atoms with E-state index in [9.17, 15) is 18.0 Å². The number of carbonyl (C=O) groups excluding carboxylic acids is 1. The lowest BCUT2D eigenvalue weighted by atomic mass is 9.88. The molecule has 0 bridgehead atoms. The third-order valence-corrected chi connectivity index (χ3v) is 5.67. The number of carbonyl (C=O) groups is 1. The van der Waals surface area contributed by atoms with E-state index in [4.69, 9.17) is 4.42 Å². The molecule has 2 aromatic rings. The summed E-state index contributed by atoms with van der Waals surface area (Å²) in [6, 6.07) is 8.79. The number of furan rings is 1. The molecule has 7 heteroatoms. The second-order valence-corrected chi connectivity index (χ2v) is 7.71. The van der Waals surface area contributed by atoms with Gasteiger partial charge >= 0.3 is 6.18 Å². The molecule has 1 aromatic carbocycles. The van der Waals surface area contributed by atoms with Gasteiger partial charge in [0.05, 0.1) is 12.1 Å². The van der Waals surface area contributed by atoms with Gasteiger partial charge in [-0.25, -0.2) is 0 Å². The van der Waals surface area contributed by atoms with Gasteiger partial charge in [0.15, 0.2) is 0 Å². The minimum Gasteiger partial charge on any atom is -0.459 e. The molecule has 28 heavy (non-hydrogen) atoms. The second-order valence-electron chi connectivity index (χ2n) is 7.71. The van der Waals surface area contributed by atoms with E-state index < -0.39 is 11.7 Å². The first-order valence-corrected chi connectivity index (χ1v) is 9.61. The van der Waals surface area contributed by atoms with Gasteiger partial charge in [-0.3, -0.25) is 4.79 Å². The van der Waals surface area contributed by atoms with Crippen molar-refractivity contribution in [1.29, 1.82) is 0 Å². The Morgan fingerprint density at radius 1 is 1.21 bits per heavy atom. The fraction of sp³-hybridized carbons (Fsp3) is 0.476. The number of rotatable bonds is 6. The molecule has 1 unspecified atom stereocenters. The minimum atomic E-state index is -4.45. The first-order chi connectivity index (χ1) is 13.3. The summed E-state index contributed by atoms with van der Waals surface area (Å²) in [7, 11) is 0. The highest BCUT2D eigenvalue weighted by Crippen LogP contribution is 2.38. The largest absolute Gasteiger partial charge is 0.459 e. The predicted molar refractivity (Wildman–Crippen MR) is 98.2 cm³/mol. The van der Waals surface area contributed by atoms with E-state index in [1.165, 1.54) is 12.1 Å². The van der Waals surface area contributed by atoms with Crippen molar-refractivity contribution in [3.8, 4) is 11.3 Å². The molecule has 1 saturated heterocycles. The maximum absolute atomic E-state index is 13.3. The molecule has 2 heterocycles. The van der Waals surface area contributed by atoms with E-state index in [1.807, 2.05) is 11.8 Å². The van der Waals surface area contributed by atoms with Crippen molar-refractivity contribution in [2.45, 2.75) is 38.5 Å². The molecule has 4 nitrogen and oxygen atoms in total. The summed E-state index contributed by atoms with van der Waals surface area (Å²) in [6.07, 6.45) is -2.52. The Labute approximate surface area is 161 Å². The van der Waals surface area contributed by atoms with E-state index in [-0.39, 0.29) is 29.2 Å². The Morgan fingerprint density at radius 2 is 1.93 bits per heavy atom. The Balaban J connectivity index is 1.53. The molecule has 1 aliphatic carbocycles. The van der Waals surface area contributed by atoms with Crippen LogP contribution < -0.4 is 5.32 Å². The molecule has 2 aliphatic rings. The highest BCUT2D eigenvalue weighted by atomic mass is 19.4. The summed E-state index contributed by atoms with van der Waals surface area (Å²) < 4.78 is 45.6. The van der Waals surface area contributed by atoms with E-state index in [0.29, 0.717) is 18.2 Å². The number of benzene rings is 1. The van der Waals surface area contributed by atoms with Crippen molar-refractivity contribution in [1.82, 2.24) is 10.2 Å². The highest BCUT2D eigenvalue weighted by molar-refractivity contribution is 5.79. The quantitative estimate of drug-likeness (QED) is 0.797.